The number of nitrogens with zero attached hydrogens (tertiary/aromatic N) is 1. The molecule has 0 spiro atoms. The number of nitrogens with one attached hydrogen (secondary N) is 1. The van der Waals surface area contributed by atoms with Crippen molar-refractivity contribution in [1.82, 2.24) is 9.62 Å². The molecule has 29 heavy (non-hydrogen) atoms. The Morgan fingerprint density at radius 2 is 1.93 bits per heavy atom. The van der Waals surface area contributed by atoms with Crippen LogP contribution in [0.15, 0.2) is 42.5 Å². The topological polar surface area (TPSA) is 66.5 Å². The van der Waals surface area contributed by atoms with Crippen molar-refractivity contribution in [3.63, 3.8) is 0 Å². The molecule has 1 saturated heterocycles. The van der Waals surface area contributed by atoms with Gasteiger partial charge < -0.3 is 4.90 Å². The first-order chi connectivity index (χ1) is 13.7. The second kappa shape index (κ2) is 7.54. The van der Waals surface area contributed by atoms with Gasteiger partial charge in [-0.15, -0.1) is 0 Å². The molecule has 3 atom stereocenters. The summed E-state index contributed by atoms with van der Waals surface area (Å²) in [7, 11) is -3.28. The van der Waals surface area contributed by atoms with Crippen molar-refractivity contribution in [2.45, 2.75) is 31.7 Å². The van der Waals surface area contributed by atoms with Crippen molar-refractivity contribution in [2.24, 2.45) is 5.92 Å². The van der Waals surface area contributed by atoms with Crippen molar-refractivity contribution in [3.8, 4) is 11.1 Å². The number of carbonyl (C=O) groups is 1. The summed E-state index contributed by atoms with van der Waals surface area (Å²) in [6.45, 7) is 2.94. The van der Waals surface area contributed by atoms with Crippen LogP contribution in [0.4, 0.5) is 4.39 Å². The molecule has 5 nitrogen and oxygen atoms in total. The zero-order valence-corrected chi connectivity index (χ0v) is 17.4. The van der Waals surface area contributed by atoms with Gasteiger partial charge in [0.2, 0.25) is 15.9 Å². The Bertz CT molecular complexity index is 1050. The molecule has 2 aromatic carbocycles. The fraction of sp³-hybridized carbons (Fsp3) is 0.409. The van der Waals surface area contributed by atoms with E-state index in [1.807, 2.05) is 31.2 Å². The molecule has 0 aromatic heterocycles. The Morgan fingerprint density at radius 1 is 1.17 bits per heavy atom. The first kappa shape index (κ1) is 20.0. The normalized spacial score (nSPS) is 24.0. The average molecular weight is 417 g/mol. The molecule has 2 aromatic rings. The largest absolute Gasteiger partial charge is 0.341 e. The zero-order chi connectivity index (χ0) is 20.8. The second-order valence-corrected chi connectivity index (χ2v) is 9.96. The molecule has 1 aliphatic heterocycles. The van der Waals surface area contributed by atoms with E-state index in [1.165, 1.54) is 6.07 Å². The van der Waals surface area contributed by atoms with Crippen LogP contribution in [0.1, 0.15) is 29.9 Å². The Hall–Kier alpha value is -2.25. The predicted molar refractivity (Wildman–Crippen MR) is 110 cm³/mol. The van der Waals surface area contributed by atoms with E-state index in [0.717, 1.165) is 29.4 Å². The summed E-state index contributed by atoms with van der Waals surface area (Å²) in [5.41, 5.74) is 3.46. The van der Waals surface area contributed by atoms with Crippen LogP contribution in [-0.4, -0.2) is 44.6 Å². The van der Waals surface area contributed by atoms with Crippen LogP contribution in [0.5, 0.6) is 0 Å². The predicted octanol–water partition coefficient (Wildman–Crippen LogP) is 3.05. The van der Waals surface area contributed by atoms with E-state index in [1.54, 1.807) is 17.0 Å². The van der Waals surface area contributed by atoms with Gasteiger partial charge in [0.1, 0.15) is 5.82 Å². The van der Waals surface area contributed by atoms with Crippen LogP contribution in [0.2, 0.25) is 0 Å². The van der Waals surface area contributed by atoms with Gasteiger partial charge in [-0.25, -0.2) is 17.5 Å². The highest BCUT2D eigenvalue weighted by Crippen LogP contribution is 2.51. The molecule has 7 heteroatoms. The third-order valence-electron chi connectivity index (χ3n) is 5.76. The lowest BCUT2D eigenvalue weighted by Crippen LogP contribution is -2.38. The third-order valence-corrected chi connectivity index (χ3v) is 6.52. The van der Waals surface area contributed by atoms with Crippen molar-refractivity contribution in [3.05, 3.63) is 59.4 Å². The summed E-state index contributed by atoms with van der Waals surface area (Å²) in [5, 5.41) is 0. The minimum atomic E-state index is -3.28. The molecule has 0 radical (unpaired) electrons. The number of carbonyl (C=O) groups excluding carboxylic acids is 1. The summed E-state index contributed by atoms with van der Waals surface area (Å²) < 4.78 is 39.9. The van der Waals surface area contributed by atoms with Crippen molar-refractivity contribution < 1.29 is 17.6 Å². The Labute approximate surface area is 171 Å². The lowest BCUT2D eigenvalue weighted by Gasteiger charge is -2.17. The molecule has 1 aliphatic carbocycles. The molecule has 1 saturated carbocycles. The first-order valence-electron chi connectivity index (χ1n) is 9.84. The highest BCUT2D eigenvalue weighted by atomic mass is 32.2. The summed E-state index contributed by atoms with van der Waals surface area (Å²) in [5.74, 6) is -0.259. The lowest BCUT2D eigenvalue weighted by atomic mass is 9.93. The van der Waals surface area contributed by atoms with E-state index in [0.29, 0.717) is 25.1 Å². The summed E-state index contributed by atoms with van der Waals surface area (Å²) in [4.78, 5) is 14.7. The van der Waals surface area contributed by atoms with Crippen LogP contribution >= 0.6 is 0 Å². The monoisotopic (exact) mass is 416 g/mol. The number of halogens is 1. The van der Waals surface area contributed by atoms with Gasteiger partial charge in [0, 0.05) is 30.6 Å². The standard InChI is InChI=1S/C22H25FN2O3S/c1-14-7-8-16(18(11-14)17-5-3-4-6-21(17)23)19-12-20(19)22(26)25-10-9-15(13-25)24-29(2,27)28/h3-8,11,15,19-20,24H,9-10,12-13H2,1-2H3/t15-,19-,20+/m0/s1. The third kappa shape index (κ3) is 4.36. The van der Waals surface area contributed by atoms with E-state index >= 15 is 0 Å². The number of hydrogen-bond donors (Lipinski definition) is 1. The summed E-state index contributed by atoms with van der Waals surface area (Å²) in [6, 6.07) is 12.5. The number of rotatable bonds is 5. The molecule has 1 N–H and O–H groups in total. The Morgan fingerprint density at radius 3 is 2.66 bits per heavy atom. The number of aryl methyl sites for hydroxylation is 1. The molecule has 0 unspecified atom stereocenters. The fourth-order valence-electron chi connectivity index (χ4n) is 4.31. The van der Waals surface area contributed by atoms with Crippen molar-refractivity contribution >= 4 is 15.9 Å². The molecule has 0 bridgehead atoms. The van der Waals surface area contributed by atoms with Gasteiger partial charge >= 0.3 is 0 Å². The molecule has 1 heterocycles. The highest BCUT2D eigenvalue weighted by Gasteiger charge is 2.47. The van der Waals surface area contributed by atoms with Crippen LogP contribution in [-0.2, 0) is 14.8 Å². The van der Waals surface area contributed by atoms with E-state index < -0.39 is 10.0 Å². The maximum absolute atomic E-state index is 14.4. The van der Waals surface area contributed by atoms with E-state index in [2.05, 4.69) is 4.72 Å². The van der Waals surface area contributed by atoms with Gasteiger partial charge in [-0.3, -0.25) is 4.79 Å². The van der Waals surface area contributed by atoms with Gasteiger partial charge in [-0.1, -0.05) is 42.0 Å². The van der Waals surface area contributed by atoms with Gasteiger partial charge in [0.25, 0.3) is 0 Å². The molecule has 1 amide bonds. The Balaban J connectivity index is 1.51. The number of amides is 1. The molecule has 4 rings (SSSR count). The number of hydrogen-bond acceptors (Lipinski definition) is 3. The first-order valence-corrected chi connectivity index (χ1v) is 11.7. The Kier molecular flexibility index (Phi) is 5.21. The zero-order valence-electron chi connectivity index (χ0n) is 16.6. The number of benzene rings is 2. The minimum Gasteiger partial charge on any atom is -0.341 e. The van der Waals surface area contributed by atoms with Crippen LogP contribution < -0.4 is 4.72 Å². The summed E-state index contributed by atoms with van der Waals surface area (Å²) in [6.07, 6.45) is 2.50. The smallest absolute Gasteiger partial charge is 0.226 e. The SMILES string of the molecule is Cc1ccc([C@@H]2C[C@H]2C(=O)N2CC[C@H](NS(C)(=O)=O)C2)c(-c2ccccc2F)c1. The van der Waals surface area contributed by atoms with E-state index in [-0.39, 0.29) is 29.6 Å². The minimum absolute atomic E-state index is 0.0628. The maximum atomic E-state index is 14.4. The lowest BCUT2D eigenvalue weighted by molar-refractivity contribution is -0.131. The van der Waals surface area contributed by atoms with Crippen molar-refractivity contribution in [2.75, 3.05) is 19.3 Å². The van der Waals surface area contributed by atoms with Crippen LogP contribution in [0.25, 0.3) is 11.1 Å². The average Bonchev–Trinajstić information content (AvgIpc) is 3.31. The fourth-order valence-corrected chi connectivity index (χ4v) is 5.11. The molecular weight excluding hydrogens is 391 g/mol. The van der Waals surface area contributed by atoms with E-state index in [9.17, 15) is 17.6 Å². The highest BCUT2D eigenvalue weighted by molar-refractivity contribution is 7.88. The number of sulfonamides is 1. The number of likely N-dealkylation sites (tertiary alicyclic amines) is 1. The summed E-state index contributed by atoms with van der Waals surface area (Å²) >= 11 is 0. The van der Waals surface area contributed by atoms with Crippen LogP contribution in [0, 0.1) is 18.7 Å². The molecular formula is C22H25FN2O3S. The van der Waals surface area contributed by atoms with E-state index in [4.69, 9.17) is 0 Å². The molecule has 2 fully saturated rings. The van der Waals surface area contributed by atoms with Gasteiger partial charge in [0.15, 0.2) is 0 Å². The quantitative estimate of drug-likeness (QED) is 0.815. The molecule has 2 aliphatic rings. The van der Waals surface area contributed by atoms with Gasteiger partial charge in [-0.05, 0) is 42.9 Å². The molecule has 154 valence electrons. The van der Waals surface area contributed by atoms with Gasteiger partial charge in [0.05, 0.1) is 6.26 Å². The van der Waals surface area contributed by atoms with Crippen LogP contribution in [0.3, 0.4) is 0 Å². The second-order valence-electron chi connectivity index (χ2n) is 8.18. The van der Waals surface area contributed by atoms with Crippen molar-refractivity contribution in [1.29, 1.82) is 0 Å². The maximum Gasteiger partial charge on any atom is 0.226 e. The van der Waals surface area contributed by atoms with Gasteiger partial charge in [-0.2, -0.15) is 0 Å².